The molecule has 0 aromatic rings. The van der Waals surface area contributed by atoms with Crippen LogP contribution in [0.4, 0.5) is 0 Å². The molecule has 19 heavy (non-hydrogen) atoms. The Morgan fingerprint density at radius 1 is 1.21 bits per heavy atom. The second kappa shape index (κ2) is 8.06. The normalized spacial score (nSPS) is 24.1. The molecule has 1 saturated heterocycles. The molecule has 0 radical (unpaired) electrons. The predicted octanol–water partition coefficient (Wildman–Crippen LogP) is 3.74. The quantitative estimate of drug-likeness (QED) is 0.616. The summed E-state index contributed by atoms with van der Waals surface area (Å²) in [7, 11) is 0. The largest absolute Gasteiger partial charge is 0.289 e. The first-order valence-corrected chi connectivity index (χ1v) is 8.33. The maximum Gasteiger partial charge on any atom is 0.0510 e. The van der Waals surface area contributed by atoms with Crippen LogP contribution >= 0.6 is 0 Å². The van der Waals surface area contributed by atoms with Crippen LogP contribution in [0.15, 0.2) is 12.7 Å². The highest BCUT2D eigenvalue weighted by Gasteiger charge is 2.20. The lowest BCUT2D eigenvalue weighted by Crippen LogP contribution is -2.29. The molecule has 1 heterocycles. The Bertz CT molecular complexity index is 258. The van der Waals surface area contributed by atoms with Crippen molar-refractivity contribution in [2.45, 2.75) is 51.9 Å². The van der Waals surface area contributed by atoms with Gasteiger partial charge in [0.05, 0.1) is 6.67 Å². The van der Waals surface area contributed by atoms with Crippen LogP contribution in [0.25, 0.3) is 0 Å². The van der Waals surface area contributed by atoms with E-state index < -0.39 is 0 Å². The summed E-state index contributed by atoms with van der Waals surface area (Å²) in [6, 6.07) is 0. The third-order valence-electron chi connectivity index (χ3n) is 4.87. The van der Waals surface area contributed by atoms with Crippen molar-refractivity contribution in [1.82, 2.24) is 9.80 Å². The van der Waals surface area contributed by atoms with E-state index in [2.05, 4.69) is 23.3 Å². The molecule has 2 rings (SSSR count). The zero-order valence-corrected chi connectivity index (χ0v) is 12.8. The molecule has 1 atom stereocenters. The minimum Gasteiger partial charge on any atom is -0.289 e. The fourth-order valence-electron chi connectivity index (χ4n) is 3.77. The van der Waals surface area contributed by atoms with E-state index in [1.54, 1.807) is 0 Å². The summed E-state index contributed by atoms with van der Waals surface area (Å²) in [4.78, 5) is 5.10. The van der Waals surface area contributed by atoms with Gasteiger partial charge in [-0.15, -0.1) is 6.58 Å². The van der Waals surface area contributed by atoms with Crippen LogP contribution in [0.3, 0.4) is 0 Å². The zero-order chi connectivity index (χ0) is 13.5. The molecule has 0 unspecified atom stereocenters. The van der Waals surface area contributed by atoms with Gasteiger partial charge in [-0.3, -0.25) is 9.80 Å². The minimum atomic E-state index is 0.866. The first-order chi connectivity index (χ1) is 9.28. The van der Waals surface area contributed by atoms with Crippen LogP contribution in [0, 0.1) is 11.8 Å². The van der Waals surface area contributed by atoms with Crippen LogP contribution in [0.2, 0.25) is 0 Å². The summed E-state index contributed by atoms with van der Waals surface area (Å²) in [6.07, 6.45) is 12.4. The SMILES string of the molecule is C=CCN1CCN(C[C@H](C)CCCC2CCCC2)C1. The molecule has 1 saturated carbocycles. The summed E-state index contributed by atoms with van der Waals surface area (Å²) >= 11 is 0. The van der Waals surface area contributed by atoms with Crippen molar-refractivity contribution in [2.24, 2.45) is 11.8 Å². The summed E-state index contributed by atoms with van der Waals surface area (Å²) in [6.45, 7) is 12.2. The molecule has 0 amide bonds. The second-order valence-corrected chi connectivity index (χ2v) is 6.77. The molecule has 2 heteroatoms. The Kier molecular flexibility index (Phi) is 6.39. The molecule has 0 aromatic carbocycles. The Labute approximate surface area is 119 Å². The van der Waals surface area contributed by atoms with Gasteiger partial charge in [-0.1, -0.05) is 51.5 Å². The van der Waals surface area contributed by atoms with Gasteiger partial charge in [-0.25, -0.2) is 0 Å². The molecular weight excluding hydrogens is 232 g/mol. The molecular formula is C17H32N2. The zero-order valence-electron chi connectivity index (χ0n) is 12.8. The lowest BCUT2D eigenvalue weighted by Gasteiger charge is -2.21. The van der Waals surface area contributed by atoms with Crippen LogP contribution in [-0.4, -0.2) is 42.6 Å². The number of hydrogen-bond donors (Lipinski definition) is 0. The maximum atomic E-state index is 3.83. The van der Waals surface area contributed by atoms with E-state index in [4.69, 9.17) is 0 Å². The second-order valence-electron chi connectivity index (χ2n) is 6.77. The fraction of sp³-hybridized carbons (Fsp3) is 0.882. The van der Waals surface area contributed by atoms with Crippen molar-refractivity contribution in [2.75, 3.05) is 32.8 Å². The molecule has 2 aliphatic rings. The monoisotopic (exact) mass is 264 g/mol. The molecule has 2 fully saturated rings. The molecule has 0 aromatic heterocycles. The Morgan fingerprint density at radius 2 is 1.95 bits per heavy atom. The molecule has 0 spiro atoms. The van der Waals surface area contributed by atoms with Crippen LogP contribution in [-0.2, 0) is 0 Å². The van der Waals surface area contributed by atoms with Crippen LogP contribution in [0.1, 0.15) is 51.9 Å². The van der Waals surface area contributed by atoms with Crippen molar-refractivity contribution in [3.05, 3.63) is 12.7 Å². The van der Waals surface area contributed by atoms with Crippen molar-refractivity contribution in [3.8, 4) is 0 Å². The van der Waals surface area contributed by atoms with Crippen molar-refractivity contribution in [3.63, 3.8) is 0 Å². The molecule has 0 bridgehead atoms. The predicted molar refractivity (Wildman–Crippen MR) is 83.2 cm³/mol. The summed E-state index contributed by atoms with van der Waals surface area (Å²) in [5.41, 5.74) is 0. The van der Waals surface area contributed by atoms with Crippen molar-refractivity contribution >= 4 is 0 Å². The van der Waals surface area contributed by atoms with Gasteiger partial charge >= 0.3 is 0 Å². The van der Waals surface area contributed by atoms with Gasteiger partial charge in [0.2, 0.25) is 0 Å². The van der Waals surface area contributed by atoms with Gasteiger partial charge in [-0.05, 0) is 18.3 Å². The van der Waals surface area contributed by atoms with E-state index in [1.165, 1.54) is 64.6 Å². The number of rotatable bonds is 8. The first kappa shape index (κ1) is 15.1. The molecule has 1 aliphatic carbocycles. The third-order valence-corrected chi connectivity index (χ3v) is 4.87. The van der Waals surface area contributed by atoms with E-state index in [-0.39, 0.29) is 0 Å². The van der Waals surface area contributed by atoms with Gasteiger partial charge in [0.25, 0.3) is 0 Å². The molecule has 1 aliphatic heterocycles. The average molecular weight is 264 g/mol. The van der Waals surface area contributed by atoms with E-state index in [9.17, 15) is 0 Å². The summed E-state index contributed by atoms with van der Waals surface area (Å²) in [5, 5.41) is 0. The van der Waals surface area contributed by atoms with Gasteiger partial charge in [0, 0.05) is 26.2 Å². The van der Waals surface area contributed by atoms with Gasteiger partial charge in [0.1, 0.15) is 0 Å². The van der Waals surface area contributed by atoms with Crippen LogP contribution < -0.4 is 0 Å². The Balaban J connectivity index is 1.54. The average Bonchev–Trinajstić information content (AvgIpc) is 3.02. The maximum absolute atomic E-state index is 3.83. The van der Waals surface area contributed by atoms with Crippen molar-refractivity contribution in [1.29, 1.82) is 0 Å². The van der Waals surface area contributed by atoms with E-state index in [0.29, 0.717) is 0 Å². The van der Waals surface area contributed by atoms with E-state index >= 15 is 0 Å². The standard InChI is InChI=1S/C17H32N2/c1-3-11-18-12-13-19(15-18)14-16(2)7-6-10-17-8-4-5-9-17/h3,16-17H,1,4-15H2,2H3/t16-/m1/s1. The Hall–Kier alpha value is -0.340. The summed E-state index contributed by atoms with van der Waals surface area (Å²) < 4.78 is 0. The highest BCUT2D eigenvalue weighted by atomic mass is 15.4. The van der Waals surface area contributed by atoms with E-state index in [0.717, 1.165) is 25.0 Å². The van der Waals surface area contributed by atoms with Crippen LogP contribution in [0.5, 0.6) is 0 Å². The first-order valence-electron chi connectivity index (χ1n) is 8.33. The van der Waals surface area contributed by atoms with E-state index in [1.807, 2.05) is 6.08 Å². The third kappa shape index (κ3) is 5.27. The summed E-state index contributed by atoms with van der Waals surface area (Å²) in [5.74, 6) is 1.94. The van der Waals surface area contributed by atoms with Gasteiger partial charge in [0.15, 0.2) is 0 Å². The van der Waals surface area contributed by atoms with Crippen molar-refractivity contribution < 1.29 is 0 Å². The lowest BCUT2D eigenvalue weighted by molar-refractivity contribution is 0.226. The minimum absolute atomic E-state index is 0.866. The van der Waals surface area contributed by atoms with Gasteiger partial charge in [-0.2, -0.15) is 0 Å². The molecule has 2 nitrogen and oxygen atoms in total. The molecule has 0 N–H and O–H groups in total. The highest BCUT2D eigenvalue weighted by molar-refractivity contribution is 4.79. The topological polar surface area (TPSA) is 6.48 Å². The fourth-order valence-corrected chi connectivity index (χ4v) is 3.77. The number of hydrogen-bond acceptors (Lipinski definition) is 2. The number of nitrogens with zero attached hydrogens (tertiary/aromatic N) is 2. The highest BCUT2D eigenvalue weighted by Crippen LogP contribution is 2.29. The van der Waals surface area contributed by atoms with Gasteiger partial charge < -0.3 is 0 Å². The smallest absolute Gasteiger partial charge is 0.0510 e. The lowest BCUT2D eigenvalue weighted by atomic mass is 9.96. The molecule has 110 valence electrons. The Morgan fingerprint density at radius 3 is 2.68 bits per heavy atom.